The van der Waals surface area contributed by atoms with Crippen LogP contribution in [0.3, 0.4) is 0 Å². The van der Waals surface area contributed by atoms with Gasteiger partial charge in [0.15, 0.2) is 0 Å². The van der Waals surface area contributed by atoms with Crippen LogP contribution in [-0.2, 0) is 17.8 Å². The lowest BCUT2D eigenvalue weighted by atomic mass is 9.99. The Morgan fingerprint density at radius 1 is 1.22 bits per heavy atom. The Labute approximate surface area is 140 Å². The van der Waals surface area contributed by atoms with Crippen molar-refractivity contribution in [2.75, 3.05) is 6.54 Å². The van der Waals surface area contributed by atoms with Gasteiger partial charge in [-0.3, -0.25) is 9.89 Å². The molecule has 1 fully saturated rings. The van der Waals surface area contributed by atoms with Crippen molar-refractivity contribution in [1.82, 2.24) is 15.1 Å². The van der Waals surface area contributed by atoms with Gasteiger partial charge < -0.3 is 4.90 Å². The molecule has 4 nitrogen and oxygen atoms in total. The standard InChI is InChI=1S/C18H20ClN3O/c19-14-7-5-12(6-8-14)17-15-11-22(10-9-16(15)20-21-17)18(23)13-3-1-2-4-13/h5-8,13H,1-4,9-11H2,(H,20,21). The zero-order chi connectivity index (χ0) is 15.8. The smallest absolute Gasteiger partial charge is 0.225 e. The molecule has 4 rings (SSSR count). The highest BCUT2D eigenvalue weighted by atomic mass is 35.5. The van der Waals surface area contributed by atoms with E-state index in [1.165, 1.54) is 12.8 Å². The number of nitrogens with zero attached hydrogens (tertiary/aromatic N) is 2. The molecule has 0 bridgehead atoms. The number of aromatic amines is 1. The summed E-state index contributed by atoms with van der Waals surface area (Å²) in [4.78, 5) is 14.7. The third kappa shape index (κ3) is 2.76. The molecule has 2 aliphatic rings. The first kappa shape index (κ1) is 14.8. The number of amides is 1. The van der Waals surface area contributed by atoms with Gasteiger partial charge in [-0.25, -0.2) is 0 Å². The summed E-state index contributed by atoms with van der Waals surface area (Å²) in [6.07, 6.45) is 5.35. The van der Waals surface area contributed by atoms with Crippen LogP contribution in [0.4, 0.5) is 0 Å². The molecule has 1 aromatic heterocycles. The second kappa shape index (κ2) is 6.00. The van der Waals surface area contributed by atoms with E-state index >= 15 is 0 Å². The quantitative estimate of drug-likeness (QED) is 0.911. The molecule has 1 aliphatic heterocycles. The van der Waals surface area contributed by atoms with Crippen LogP contribution in [-0.4, -0.2) is 27.5 Å². The van der Waals surface area contributed by atoms with Crippen LogP contribution >= 0.6 is 11.6 Å². The summed E-state index contributed by atoms with van der Waals surface area (Å²) >= 11 is 5.97. The van der Waals surface area contributed by atoms with E-state index in [1.54, 1.807) is 0 Å². The SMILES string of the molecule is O=C(C1CCCC1)N1CCc2[nH]nc(-c3ccc(Cl)cc3)c2C1. The maximum atomic E-state index is 12.7. The van der Waals surface area contributed by atoms with Crippen LogP contribution in [0.5, 0.6) is 0 Å². The highest BCUT2D eigenvalue weighted by Gasteiger charge is 2.31. The zero-order valence-electron chi connectivity index (χ0n) is 13.0. The average Bonchev–Trinajstić information content (AvgIpc) is 3.24. The lowest BCUT2D eigenvalue weighted by molar-refractivity contribution is -0.136. The van der Waals surface area contributed by atoms with Gasteiger partial charge in [0.05, 0.1) is 5.69 Å². The number of hydrogen-bond acceptors (Lipinski definition) is 2. The Bertz CT molecular complexity index is 716. The van der Waals surface area contributed by atoms with E-state index in [1.807, 2.05) is 29.2 Å². The fourth-order valence-corrected chi connectivity index (χ4v) is 3.89. The minimum atomic E-state index is 0.238. The van der Waals surface area contributed by atoms with Crippen molar-refractivity contribution < 1.29 is 4.79 Å². The number of carbonyl (C=O) groups excluding carboxylic acids is 1. The van der Waals surface area contributed by atoms with E-state index in [0.29, 0.717) is 12.5 Å². The first-order valence-corrected chi connectivity index (χ1v) is 8.71. The summed E-state index contributed by atoms with van der Waals surface area (Å²) in [5.41, 5.74) is 4.30. The predicted octanol–water partition coefficient (Wildman–Crippen LogP) is 3.81. The fraction of sp³-hybridized carbons (Fsp3) is 0.444. The van der Waals surface area contributed by atoms with Gasteiger partial charge in [-0.1, -0.05) is 36.6 Å². The maximum absolute atomic E-state index is 12.7. The van der Waals surface area contributed by atoms with Gasteiger partial charge in [-0.2, -0.15) is 5.10 Å². The van der Waals surface area contributed by atoms with Gasteiger partial charge in [-0.05, 0) is 25.0 Å². The molecule has 5 heteroatoms. The molecule has 1 aromatic carbocycles. The Kier molecular flexibility index (Phi) is 3.85. The van der Waals surface area contributed by atoms with Crippen LogP contribution in [0.25, 0.3) is 11.3 Å². The van der Waals surface area contributed by atoms with Crippen LogP contribution in [0, 0.1) is 5.92 Å². The first-order valence-electron chi connectivity index (χ1n) is 8.33. The second-order valence-electron chi connectivity index (χ2n) is 6.53. The van der Waals surface area contributed by atoms with Crippen molar-refractivity contribution in [3.8, 4) is 11.3 Å². The fourth-order valence-electron chi connectivity index (χ4n) is 3.76. The summed E-state index contributed by atoms with van der Waals surface area (Å²) in [5, 5.41) is 8.35. The Morgan fingerprint density at radius 2 is 1.96 bits per heavy atom. The van der Waals surface area contributed by atoms with Gasteiger partial charge in [0.2, 0.25) is 5.91 Å². The van der Waals surface area contributed by atoms with Crippen molar-refractivity contribution >= 4 is 17.5 Å². The monoisotopic (exact) mass is 329 g/mol. The van der Waals surface area contributed by atoms with Gasteiger partial charge >= 0.3 is 0 Å². The highest BCUT2D eigenvalue weighted by Crippen LogP contribution is 2.32. The molecular weight excluding hydrogens is 310 g/mol. The maximum Gasteiger partial charge on any atom is 0.225 e. The second-order valence-corrected chi connectivity index (χ2v) is 6.96. The summed E-state index contributed by atoms with van der Waals surface area (Å²) in [6, 6.07) is 7.72. The summed E-state index contributed by atoms with van der Waals surface area (Å²) in [7, 11) is 0. The molecule has 2 heterocycles. The number of fused-ring (bicyclic) bond motifs is 1. The Balaban J connectivity index is 1.59. The summed E-state index contributed by atoms with van der Waals surface area (Å²) < 4.78 is 0. The number of aromatic nitrogens is 2. The number of hydrogen-bond donors (Lipinski definition) is 1. The molecule has 0 unspecified atom stereocenters. The molecular formula is C18H20ClN3O. The van der Waals surface area contributed by atoms with Gasteiger partial charge in [0, 0.05) is 47.3 Å². The van der Waals surface area contributed by atoms with E-state index in [9.17, 15) is 4.79 Å². The third-order valence-electron chi connectivity index (χ3n) is 5.07. The normalized spacial score (nSPS) is 18.2. The van der Waals surface area contributed by atoms with Crippen LogP contribution in [0.1, 0.15) is 36.9 Å². The summed E-state index contributed by atoms with van der Waals surface area (Å²) in [5.74, 6) is 0.568. The van der Waals surface area contributed by atoms with Crippen LogP contribution < -0.4 is 0 Å². The van der Waals surface area contributed by atoms with Crippen molar-refractivity contribution in [3.63, 3.8) is 0 Å². The molecule has 1 N–H and O–H groups in total. The molecule has 2 aromatic rings. The molecule has 0 radical (unpaired) electrons. The summed E-state index contributed by atoms with van der Waals surface area (Å²) in [6.45, 7) is 1.46. The Hall–Kier alpha value is -1.81. The van der Waals surface area contributed by atoms with E-state index < -0.39 is 0 Å². The van der Waals surface area contributed by atoms with Crippen LogP contribution in [0.2, 0.25) is 5.02 Å². The molecule has 1 amide bonds. The molecule has 0 saturated heterocycles. The highest BCUT2D eigenvalue weighted by molar-refractivity contribution is 6.30. The van der Waals surface area contributed by atoms with Gasteiger partial charge in [0.1, 0.15) is 0 Å². The van der Waals surface area contributed by atoms with Crippen molar-refractivity contribution in [3.05, 3.63) is 40.5 Å². The number of rotatable bonds is 2. The largest absolute Gasteiger partial charge is 0.338 e. The van der Waals surface area contributed by atoms with Crippen molar-refractivity contribution in [1.29, 1.82) is 0 Å². The molecule has 0 spiro atoms. The molecule has 23 heavy (non-hydrogen) atoms. The van der Waals surface area contributed by atoms with E-state index in [2.05, 4.69) is 10.2 Å². The lowest BCUT2D eigenvalue weighted by Gasteiger charge is -2.29. The first-order chi connectivity index (χ1) is 11.2. The number of H-pyrrole nitrogens is 1. The number of benzene rings is 1. The Morgan fingerprint density at radius 3 is 2.70 bits per heavy atom. The number of halogens is 1. The number of carbonyl (C=O) groups is 1. The molecule has 120 valence electrons. The zero-order valence-corrected chi connectivity index (χ0v) is 13.8. The van der Waals surface area contributed by atoms with Gasteiger partial charge in [-0.15, -0.1) is 0 Å². The molecule has 1 saturated carbocycles. The minimum absolute atomic E-state index is 0.238. The molecule has 0 atom stereocenters. The van der Waals surface area contributed by atoms with Crippen LogP contribution in [0.15, 0.2) is 24.3 Å². The van der Waals surface area contributed by atoms with Crippen molar-refractivity contribution in [2.45, 2.75) is 38.6 Å². The van der Waals surface area contributed by atoms with E-state index in [4.69, 9.17) is 11.6 Å². The predicted molar refractivity (Wildman–Crippen MR) is 90.1 cm³/mol. The third-order valence-corrected chi connectivity index (χ3v) is 5.32. The topological polar surface area (TPSA) is 49.0 Å². The average molecular weight is 330 g/mol. The minimum Gasteiger partial charge on any atom is -0.338 e. The van der Waals surface area contributed by atoms with Crippen molar-refractivity contribution in [2.24, 2.45) is 5.92 Å². The number of nitrogens with one attached hydrogen (secondary N) is 1. The molecule has 1 aliphatic carbocycles. The lowest BCUT2D eigenvalue weighted by Crippen LogP contribution is -2.39. The van der Waals surface area contributed by atoms with E-state index in [0.717, 1.165) is 53.3 Å². The van der Waals surface area contributed by atoms with Gasteiger partial charge in [0.25, 0.3) is 0 Å². The van der Waals surface area contributed by atoms with E-state index in [-0.39, 0.29) is 5.92 Å².